The van der Waals surface area contributed by atoms with Crippen molar-refractivity contribution in [3.05, 3.63) is 52.6 Å². The van der Waals surface area contributed by atoms with Gasteiger partial charge in [-0.05, 0) is 44.0 Å². The number of rotatable bonds is 4. The van der Waals surface area contributed by atoms with Gasteiger partial charge in [0.05, 0.1) is 6.04 Å². The third-order valence-electron chi connectivity index (χ3n) is 3.11. The molecule has 1 heterocycles. The quantitative estimate of drug-likeness (QED) is 0.904. The van der Waals surface area contributed by atoms with Crippen LogP contribution < -0.4 is 5.32 Å². The van der Waals surface area contributed by atoms with Crippen molar-refractivity contribution in [2.75, 3.05) is 5.32 Å². The number of halogens is 1. The number of nitrogens with zero attached hydrogens (tertiary/aromatic N) is 2. The molecular formula is C15H16FN3O2. The van der Waals surface area contributed by atoms with E-state index in [9.17, 15) is 9.18 Å². The number of carbonyl (C=O) groups is 1. The summed E-state index contributed by atoms with van der Waals surface area (Å²) < 4.78 is 13.6. The molecule has 0 spiro atoms. The molecule has 0 aliphatic rings. The van der Waals surface area contributed by atoms with Crippen LogP contribution >= 0.6 is 0 Å². The molecule has 1 unspecified atom stereocenters. The van der Waals surface area contributed by atoms with Gasteiger partial charge in [0.15, 0.2) is 5.69 Å². The summed E-state index contributed by atoms with van der Waals surface area (Å²) in [5.74, 6) is -1.18. The van der Waals surface area contributed by atoms with Crippen LogP contribution in [0.25, 0.3) is 0 Å². The van der Waals surface area contributed by atoms with Crippen LogP contribution in [0, 0.1) is 19.7 Å². The first-order valence-corrected chi connectivity index (χ1v) is 6.48. The lowest BCUT2D eigenvalue weighted by Gasteiger charge is -2.15. The number of hydrogen-bond acceptors (Lipinski definition) is 4. The Labute approximate surface area is 121 Å². The first-order valence-electron chi connectivity index (χ1n) is 6.48. The maximum Gasteiger partial charge on any atom is 0.354 e. The molecule has 1 atom stereocenters. The molecule has 2 rings (SSSR count). The predicted molar refractivity (Wildman–Crippen MR) is 76.9 cm³/mol. The third kappa shape index (κ3) is 3.53. The number of carboxylic acid groups (broad SMARTS) is 1. The van der Waals surface area contributed by atoms with Crippen molar-refractivity contribution in [1.29, 1.82) is 0 Å². The molecular weight excluding hydrogens is 273 g/mol. The highest BCUT2D eigenvalue weighted by molar-refractivity contribution is 5.85. The minimum atomic E-state index is -1.11. The largest absolute Gasteiger partial charge is 0.477 e. The molecule has 1 aromatic heterocycles. The lowest BCUT2D eigenvalue weighted by atomic mass is 10.1. The van der Waals surface area contributed by atoms with Gasteiger partial charge >= 0.3 is 5.97 Å². The van der Waals surface area contributed by atoms with Crippen LogP contribution in [0.2, 0.25) is 0 Å². The van der Waals surface area contributed by atoms with Gasteiger partial charge < -0.3 is 10.4 Å². The molecule has 0 fully saturated rings. The van der Waals surface area contributed by atoms with Crippen LogP contribution in [0.3, 0.4) is 0 Å². The van der Waals surface area contributed by atoms with Gasteiger partial charge in [-0.3, -0.25) is 0 Å². The summed E-state index contributed by atoms with van der Waals surface area (Å²) in [6.07, 6.45) is 0. The zero-order valence-electron chi connectivity index (χ0n) is 12.0. The first-order chi connectivity index (χ1) is 9.86. The summed E-state index contributed by atoms with van der Waals surface area (Å²) >= 11 is 0. The van der Waals surface area contributed by atoms with Gasteiger partial charge in [-0.1, -0.05) is 12.1 Å². The fraction of sp³-hybridized carbons (Fsp3) is 0.267. The molecule has 5 nitrogen and oxygen atoms in total. The average molecular weight is 289 g/mol. The van der Waals surface area contributed by atoms with E-state index in [-0.39, 0.29) is 23.5 Å². The van der Waals surface area contributed by atoms with E-state index in [1.165, 1.54) is 12.1 Å². The van der Waals surface area contributed by atoms with Gasteiger partial charge in [-0.2, -0.15) is 0 Å². The number of hydrogen-bond donors (Lipinski definition) is 2. The van der Waals surface area contributed by atoms with Crippen LogP contribution in [-0.4, -0.2) is 21.0 Å². The van der Waals surface area contributed by atoms with Crippen molar-refractivity contribution in [1.82, 2.24) is 9.97 Å². The summed E-state index contributed by atoms with van der Waals surface area (Å²) in [5.41, 5.74) is 1.78. The van der Waals surface area contributed by atoms with Gasteiger partial charge in [0.25, 0.3) is 0 Å². The van der Waals surface area contributed by atoms with Crippen LogP contribution in [-0.2, 0) is 0 Å². The lowest BCUT2D eigenvalue weighted by molar-refractivity contribution is 0.0690. The molecule has 0 saturated heterocycles. The van der Waals surface area contributed by atoms with E-state index in [1.807, 2.05) is 13.0 Å². The van der Waals surface area contributed by atoms with E-state index in [2.05, 4.69) is 15.3 Å². The molecule has 0 bridgehead atoms. The van der Waals surface area contributed by atoms with Crippen molar-refractivity contribution >= 4 is 11.9 Å². The van der Waals surface area contributed by atoms with E-state index in [0.717, 1.165) is 5.56 Å². The van der Waals surface area contributed by atoms with E-state index in [0.29, 0.717) is 11.3 Å². The molecule has 2 aromatic rings. The summed E-state index contributed by atoms with van der Waals surface area (Å²) in [7, 11) is 0. The molecule has 6 heteroatoms. The average Bonchev–Trinajstić information content (AvgIpc) is 2.41. The second kappa shape index (κ2) is 5.87. The van der Waals surface area contributed by atoms with Crippen LogP contribution in [0.15, 0.2) is 24.3 Å². The fourth-order valence-corrected chi connectivity index (χ4v) is 1.90. The van der Waals surface area contributed by atoms with Crippen molar-refractivity contribution in [3.8, 4) is 0 Å². The minimum absolute atomic E-state index is 0.0766. The lowest BCUT2D eigenvalue weighted by Crippen LogP contribution is -2.13. The molecule has 1 aromatic carbocycles. The van der Waals surface area contributed by atoms with E-state index in [1.54, 1.807) is 19.9 Å². The molecule has 2 N–H and O–H groups in total. The molecule has 21 heavy (non-hydrogen) atoms. The van der Waals surface area contributed by atoms with Gasteiger partial charge in [0.1, 0.15) is 5.82 Å². The summed E-state index contributed by atoms with van der Waals surface area (Å²) in [6, 6.07) is 6.10. The Kier molecular flexibility index (Phi) is 4.16. The zero-order valence-corrected chi connectivity index (χ0v) is 12.0. The third-order valence-corrected chi connectivity index (χ3v) is 3.11. The van der Waals surface area contributed by atoms with Crippen molar-refractivity contribution < 1.29 is 14.3 Å². The van der Waals surface area contributed by atoms with Crippen molar-refractivity contribution in [2.45, 2.75) is 26.8 Å². The van der Waals surface area contributed by atoms with Gasteiger partial charge in [-0.25, -0.2) is 19.2 Å². The maximum absolute atomic E-state index is 13.6. The first kappa shape index (κ1) is 14.9. The van der Waals surface area contributed by atoms with E-state index >= 15 is 0 Å². The summed E-state index contributed by atoms with van der Waals surface area (Å²) in [4.78, 5) is 19.0. The Balaban J connectivity index is 2.24. The summed E-state index contributed by atoms with van der Waals surface area (Å²) in [5, 5.41) is 12.0. The second-order valence-electron chi connectivity index (χ2n) is 4.90. The molecule has 0 saturated carbocycles. The minimum Gasteiger partial charge on any atom is -0.477 e. The Morgan fingerprint density at radius 1 is 1.29 bits per heavy atom. The van der Waals surface area contributed by atoms with Crippen LogP contribution in [0.1, 0.15) is 40.3 Å². The topological polar surface area (TPSA) is 75.1 Å². The number of aromatic nitrogens is 2. The Bertz CT molecular complexity index is 689. The number of aromatic carboxylic acids is 1. The molecule has 0 aliphatic carbocycles. The number of carboxylic acids is 1. The highest BCUT2D eigenvalue weighted by Crippen LogP contribution is 2.19. The smallest absolute Gasteiger partial charge is 0.354 e. The number of anilines is 1. The monoisotopic (exact) mass is 289 g/mol. The van der Waals surface area contributed by atoms with Crippen LogP contribution in [0.5, 0.6) is 0 Å². The predicted octanol–water partition coefficient (Wildman–Crippen LogP) is 3.10. The standard InChI is InChI=1S/C15H16FN3O2/c1-8-4-5-11(7-12(8)16)10(3)18-15-17-9(2)6-13(19-15)14(20)21/h4-7,10H,1-3H3,(H,20,21)(H,17,18,19). The number of nitrogens with one attached hydrogen (secondary N) is 1. The second-order valence-corrected chi connectivity index (χ2v) is 4.90. The van der Waals surface area contributed by atoms with Gasteiger partial charge in [0.2, 0.25) is 5.95 Å². The number of benzene rings is 1. The van der Waals surface area contributed by atoms with Gasteiger partial charge in [-0.15, -0.1) is 0 Å². The molecule has 0 aliphatic heterocycles. The SMILES string of the molecule is Cc1cc(C(=O)O)nc(NC(C)c2ccc(C)c(F)c2)n1. The number of aryl methyl sites for hydroxylation is 2. The van der Waals surface area contributed by atoms with Crippen LogP contribution in [0.4, 0.5) is 10.3 Å². The molecule has 0 amide bonds. The summed E-state index contributed by atoms with van der Waals surface area (Å²) in [6.45, 7) is 5.21. The molecule has 110 valence electrons. The maximum atomic E-state index is 13.6. The van der Waals surface area contributed by atoms with Gasteiger partial charge in [0, 0.05) is 5.69 Å². The van der Waals surface area contributed by atoms with Crippen molar-refractivity contribution in [3.63, 3.8) is 0 Å². The fourth-order valence-electron chi connectivity index (χ4n) is 1.90. The molecule has 0 radical (unpaired) electrons. The highest BCUT2D eigenvalue weighted by Gasteiger charge is 2.12. The normalized spacial score (nSPS) is 12.0. The Hall–Kier alpha value is -2.50. The van der Waals surface area contributed by atoms with E-state index in [4.69, 9.17) is 5.11 Å². The zero-order chi connectivity index (χ0) is 15.6. The van der Waals surface area contributed by atoms with Crippen molar-refractivity contribution in [2.24, 2.45) is 0 Å². The Morgan fingerprint density at radius 2 is 2.00 bits per heavy atom. The van der Waals surface area contributed by atoms with E-state index < -0.39 is 5.97 Å². The Morgan fingerprint density at radius 3 is 2.62 bits per heavy atom. The highest BCUT2D eigenvalue weighted by atomic mass is 19.1.